The molecule has 0 amide bonds. The third kappa shape index (κ3) is 1.61. The van der Waals surface area contributed by atoms with Gasteiger partial charge in [0, 0.05) is 5.56 Å². The molecule has 14 heavy (non-hydrogen) atoms. The number of nitrogens with zero attached hydrogens (tertiary/aromatic N) is 1. The van der Waals surface area contributed by atoms with E-state index >= 15 is 0 Å². The Hall–Kier alpha value is -1.42. The molecule has 1 aromatic heterocycles. The topological polar surface area (TPSA) is 26.0 Å². The predicted octanol–water partition coefficient (Wildman–Crippen LogP) is 3.27. The van der Waals surface area contributed by atoms with Gasteiger partial charge in [0.15, 0.2) is 11.6 Å². The monoisotopic (exact) mass is 215 g/mol. The van der Waals surface area contributed by atoms with Crippen LogP contribution < -0.4 is 0 Å². The molecule has 0 spiro atoms. The molecular weight excluding hydrogens is 212 g/mol. The van der Waals surface area contributed by atoms with Gasteiger partial charge in [-0.05, 0) is 29.8 Å². The lowest BCUT2D eigenvalue weighted by Gasteiger charge is -1.96. The first kappa shape index (κ1) is 9.15. The van der Waals surface area contributed by atoms with Crippen LogP contribution in [-0.2, 0) is 0 Å². The van der Waals surface area contributed by atoms with Crippen molar-refractivity contribution in [3.05, 3.63) is 41.4 Å². The summed E-state index contributed by atoms with van der Waals surface area (Å²) in [6.45, 7) is 0. The molecule has 72 valence electrons. The van der Waals surface area contributed by atoms with E-state index in [2.05, 4.69) is 4.98 Å². The minimum atomic E-state index is -0.929. The molecule has 0 N–H and O–H groups in total. The van der Waals surface area contributed by atoms with Gasteiger partial charge in [-0.3, -0.25) is 0 Å². The van der Waals surface area contributed by atoms with E-state index < -0.39 is 11.6 Å². The average Bonchev–Trinajstić information content (AvgIpc) is 2.57. The van der Waals surface area contributed by atoms with E-state index in [1.54, 1.807) is 0 Å². The van der Waals surface area contributed by atoms with E-state index in [0.717, 1.165) is 12.1 Å². The van der Waals surface area contributed by atoms with Crippen molar-refractivity contribution < 1.29 is 13.2 Å². The molecule has 0 aliphatic heterocycles. The van der Waals surface area contributed by atoms with E-state index in [1.807, 2.05) is 0 Å². The standard InChI is InChI=1S/C9H4ClF2NO/c10-9-13-8(4-14-9)5-1-2-6(11)7(12)3-5/h1-4H. The summed E-state index contributed by atoms with van der Waals surface area (Å²) < 4.78 is 30.1. The molecule has 2 nitrogen and oxygen atoms in total. The van der Waals surface area contributed by atoms with Gasteiger partial charge in [-0.25, -0.2) is 8.78 Å². The lowest BCUT2D eigenvalue weighted by Crippen LogP contribution is -1.85. The van der Waals surface area contributed by atoms with E-state index in [9.17, 15) is 8.78 Å². The Labute approximate surface area is 83.1 Å². The zero-order valence-corrected chi connectivity index (χ0v) is 7.55. The second kappa shape index (κ2) is 3.38. The summed E-state index contributed by atoms with van der Waals surface area (Å²) in [7, 11) is 0. The quantitative estimate of drug-likeness (QED) is 0.730. The van der Waals surface area contributed by atoms with Crippen molar-refractivity contribution in [1.29, 1.82) is 0 Å². The molecule has 1 heterocycles. The Balaban J connectivity index is 2.47. The Bertz CT molecular complexity index is 470. The van der Waals surface area contributed by atoms with Crippen molar-refractivity contribution in [3.8, 4) is 11.3 Å². The third-order valence-corrected chi connectivity index (χ3v) is 1.87. The smallest absolute Gasteiger partial charge is 0.292 e. The summed E-state index contributed by atoms with van der Waals surface area (Å²) in [5.74, 6) is -1.83. The van der Waals surface area contributed by atoms with Crippen LogP contribution >= 0.6 is 11.6 Å². The zero-order valence-electron chi connectivity index (χ0n) is 6.80. The van der Waals surface area contributed by atoms with Crippen molar-refractivity contribution in [3.63, 3.8) is 0 Å². The maximum absolute atomic E-state index is 12.8. The van der Waals surface area contributed by atoms with Crippen LogP contribution in [0.4, 0.5) is 8.78 Å². The number of aromatic nitrogens is 1. The van der Waals surface area contributed by atoms with Crippen molar-refractivity contribution >= 4 is 11.6 Å². The first-order valence-corrected chi connectivity index (χ1v) is 4.11. The molecule has 0 unspecified atom stereocenters. The van der Waals surface area contributed by atoms with Crippen LogP contribution in [0.15, 0.2) is 28.9 Å². The fourth-order valence-corrected chi connectivity index (χ4v) is 1.18. The van der Waals surface area contributed by atoms with Gasteiger partial charge in [-0.1, -0.05) is 0 Å². The highest BCUT2D eigenvalue weighted by molar-refractivity contribution is 6.27. The van der Waals surface area contributed by atoms with E-state index in [1.165, 1.54) is 12.3 Å². The molecule has 2 rings (SSSR count). The minimum absolute atomic E-state index is 0.0373. The van der Waals surface area contributed by atoms with Crippen LogP contribution in [0.5, 0.6) is 0 Å². The lowest BCUT2D eigenvalue weighted by atomic mass is 10.2. The average molecular weight is 216 g/mol. The second-order valence-corrected chi connectivity index (χ2v) is 2.94. The van der Waals surface area contributed by atoms with Crippen molar-refractivity contribution in [2.24, 2.45) is 0 Å². The summed E-state index contributed by atoms with van der Waals surface area (Å²) in [6.07, 6.45) is 1.27. The Morgan fingerprint density at radius 3 is 2.57 bits per heavy atom. The second-order valence-electron chi connectivity index (χ2n) is 2.61. The van der Waals surface area contributed by atoms with Gasteiger partial charge in [-0.15, -0.1) is 0 Å². The highest BCUT2D eigenvalue weighted by Crippen LogP contribution is 2.22. The molecule has 0 atom stereocenters. The minimum Gasteiger partial charge on any atom is -0.436 e. The maximum atomic E-state index is 12.8. The van der Waals surface area contributed by atoms with Crippen LogP contribution in [0.1, 0.15) is 0 Å². The van der Waals surface area contributed by atoms with Crippen molar-refractivity contribution in [2.75, 3.05) is 0 Å². The molecule has 0 bridgehead atoms. The van der Waals surface area contributed by atoms with Gasteiger partial charge in [0.05, 0.1) is 0 Å². The molecule has 0 radical (unpaired) electrons. The van der Waals surface area contributed by atoms with Gasteiger partial charge in [0.25, 0.3) is 5.35 Å². The van der Waals surface area contributed by atoms with Crippen LogP contribution in [-0.4, -0.2) is 4.98 Å². The van der Waals surface area contributed by atoms with E-state index in [-0.39, 0.29) is 5.35 Å². The van der Waals surface area contributed by atoms with Crippen LogP contribution in [0.2, 0.25) is 5.35 Å². The fraction of sp³-hybridized carbons (Fsp3) is 0. The van der Waals surface area contributed by atoms with E-state index in [0.29, 0.717) is 11.3 Å². The Morgan fingerprint density at radius 2 is 2.00 bits per heavy atom. The van der Waals surface area contributed by atoms with Crippen LogP contribution in [0.25, 0.3) is 11.3 Å². The summed E-state index contributed by atoms with van der Waals surface area (Å²) >= 11 is 5.44. The Morgan fingerprint density at radius 1 is 1.21 bits per heavy atom. The molecule has 0 aliphatic rings. The van der Waals surface area contributed by atoms with Crippen LogP contribution in [0.3, 0.4) is 0 Å². The van der Waals surface area contributed by atoms with Gasteiger partial charge >= 0.3 is 0 Å². The lowest BCUT2D eigenvalue weighted by molar-refractivity contribution is 0.509. The van der Waals surface area contributed by atoms with E-state index in [4.69, 9.17) is 16.0 Å². The molecule has 5 heteroatoms. The summed E-state index contributed by atoms with van der Waals surface area (Å²) in [6, 6.07) is 3.45. The molecule has 0 saturated heterocycles. The molecule has 0 saturated carbocycles. The molecule has 0 fully saturated rings. The number of oxazole rings is 1. The normalized spacial score (nSPS) is 10.5. The highest BCUT2D eigenvalue weighted by atomic mass is 35.5. The predicted molar refractivity (Wildman–Crippen MR) is 46.9 cm³/mol. The number of halogens is 3. The van der Waals surface area contributed by atoms with Crippen molar-refractivity contribution in [1.82, 2.24) is 4.98 Å². The largest absolute Gasteiger partial charge is 0.436 e. The number of benzene rings is 1. The Kier molecular flexibility index (Phi) is 2.21. The van der Waals surface area contributed by atoms with Gasteiger partial charge < -0.3 is 4.42 Å². The molecule has 1 aromatic carbocycles. The highest BCUT2D eigenvalue weighted by Gasteiger charge is 2.07. The zero-order chi connectivity index (χ0) is 10.1. The molecule has 0 aliphatic carbocycles. The van der Waals surface area contributed by atoms with Crippen LogP contribution in [0, 0.1) is 11.6 Å². The summed E-state index contributed by atoms with van der Waals surface area (Å²) in [4.78, 5) is 3.76. The first-order valence-electron chi connectivity index (χ1n) is 3.73. The van der Waals surface area contributed by atoms with Crippen molar-refractivity contribution in [2.45, 2.75) is 0 Å². The first-order chi connectivity index (χ1) is 6.66. The maximum Gasteiger partial charge on any atom is 0.292 e. The molecular formula is C9H4ClF2NO. The summed E-state index contributed by atoms with van der Waals surface area (Å²) in [5, 5.41) is -0.0373. The summed E-state index contributed by atoms with van der Waals surface area (Å²) in [5.41, 5.74) is 0.786. The van der Waals surface area contributed by atoms with Gasteiger partial charge in [-0.2, -0.15) is 4.98 Å². The van der Waals surface area contributed by atoms with Gasteiger partial charge in [0.1, 0.15) is 12.0 Å². The number of rotatable bonds is 1. The number of hydrogen-bond acceptors (Lipinski definition) is 2. The SMILES string of the molecule is Fc1ccc(-c2coc(Cl)n2)cc1F. The number of hydrogen-bond donors (Lipinski definition) is 0. The van der Waals surface area contributed by atoms with Gasteiger partial charge in [0.2, 0.25) is 0 Å². The third-order valence-electron chi connectivity index (χ3n) is 1.69. The fourth-order valence-electron chi connectivity index (χ4n) is 1.04. The molecule has 2 aromatic rings.